The molecule has 3 aliphatic rings. The summed E-state index contributed by atoms with van der Waals surface area (Å²) in [5, 5.41) is 0. The highest BCUT2D eigenvalue weighted by Gasteiger charge is 2.41. The van der Waals surface area contributed by atoms with E-state index in [4.69, 9.17) is 0 Å². The summed E-state index contributed by atoms with van der Waals surface area (Å²) in [5.41, 5.74) is -0.882. The Morgan fingerprint density at radius 2 is 1.66 bits per heavy atom. The number of piperazine rings is 1. The van der Waals surface area contributed by atoms with Crippen molar-refractivity contribution in [2.24, 2.45) is 17.8 Å². The van der Waals surface area contributed by atoms with Crippen molar-refractivity contribution in [1.82, 2.24) is 9.21 Å². The summed E-state index contributed by atoms with van der Waals surface area (Å²) in [6.07, 6.45) is 0.938. The Morgan fingerprint density at radius 1 is 1.00 bits per heavy atom. The van der Waals surface area contributed by atoms with Gasteiger partial charge in [0.1, 0.15) is 0 Å². The molecule has 3 atom stereocenters. The lowest BCUT2D eigenvalue weighted by Crippen LogP contribution is -2.50. The number of hydrogen-bond donors (Lipinski definition) is 0. The number of amides is 1. The third-order valence-corrected chi connectivity index (χ3v) is 8.64. The van der Waals surface area contributed by atoms with E-state index in [1.54, 1.807) is 4.90 Å². The summed E-state index contributed by atoms with van der Waals surface area (Å²) in [7, 11) is -3.87. The van der Waals surface area contributed by atoms with Crippen LogP contribution in [-0.2, 0) is 21.0 Å². The molecular formula is C20H25F3N2O3S. The van der Waals surface area contributed by atoms with Gasteiger partial charge in [-0.15, -0.1) is 0 Å². The van der Waals surface area contributed by atoms with Gasteiger partial charge in [0.2, 0.25) is 15.9 Å². The SMILES string of the molecule is O=C(C[C@H]1C[C@H]2CC[C@H]1C2)N1CCN(S(=O)(=O)c2ccc(C(F)(F)F)cc2)CC1. The zero-order valence-electron chi connectivity index (χ0n) is 16.1. The Bertz CT molecular complexity index is 862. The lowest BCUT2D eigenvalue weighted by atomic mass is 9.86. The second-order valence-corrected chi connectivity index (χ2v) is 10.4. The van der Waals surface area contributed by atoms with E-state index in [1.165, 1.54) is 23.6 Å². The van der Waals surface area contributed by atoms with Crippen molar-refractivity contribution in [2.45, 2.75) is 43.2 Å². The summed E-state index contributed by atoms with van der Waals surface area (Å²) >= 11 is 0. The van der Waals surface area contributed by atoms with E-state index in [-0.39, 0.29) is 23.9 Å². The fourth-order valence-electron chi connectivity index (χ4n) is 5.12. The van der Waals surface area contributed by atoms with Gasteiger partial charge in [0.25, 0.3) is 0 Å². The normalized spacial score (nSPS) is 28.1. The van der Waals surface area contributed by atoms with Gasteiger partial charge in [-0.2, -0.15) is 17.5 Å². The van der Waals surface area contributed by atoms with Crippen LogP contribution in [0, 0.1) is 17.8 Å². The highest BCUT2D eigenvalue weighted by molar-refractivity contribution is 7.89. The maximum absolute atomic E-state index is 12.7. The van der Waals surface area contributed by atoms with Crippen molar-refractivity contribution >= 4 is 15.9 Å². The smallest absolute Gasteiger partial charge is 0.340 e. The Balaban J connectivity index is 1.34. The quantitative estimate of drug-likeness (QED) is 0.736. The maximum Gasteiger partial charge on any atom is 0.416 e. The molecule has 9 heteroatoms. The number of nitrogens with zero attached hydrogens (tertiary/aromatic N) is 2. The zero-order chi connectivity index (χ0) is 20.8. The molecule has 2 aliphatic carbocycles. The van der Waals surface area contributed by atoms with Gasteiger partial charge in [0, 0.05) is 32.6 Å². The van der Waals surface area contributed by atoms with Crippen molar-refractivity contribution in [2.75, 3.05) is 26.2 Å². The highest BCUT2D eigenvalue weighted by atomic mass is 32.2. The molecule has 2 saturated carbocycles. The first kappa shape index (κ1) is 20.7. The number of carbonyl (C=O) groups is 1. The fraction of sp³-hybridized carbons (Fsp3) is 0.650. The van der Waals surface area contributed by atoms with Gasteiger partial charge in [0.15, 0.2) is 0 Å². The molecule has 1 heterocycles. The van der Waals surface area contributed by atoms with Gasteiger partial charge in [-0.1, -0.05) is 6.42 Å². The van der Waals surface area contributed by atoms with Crippen LogP contribution in [0.1, 0.15) is 37.7 Å². The molecule has 0 aromatic heterocycles. The van der Waals surface area contributed by atoms with E-state index in [9.17, 15) is 26.4 Å². The van der Waals surface area contributed by atoms with Crippen LogP contribution in [0.25, 0.3) is 0 Å². The molecule has 5 nitrogen and oxygen atoms in total. The molecule has 1 aromatic carbocycles. The molecule has 0 spiro atoms. The third kappa shape index (κ3) is 4.17. The number of benzene rings is 1. The number of rotatable bonds is 4. The lowest BCUT2D eigenvalue weighted by molar-refractivity contribution is -0.137. The molecule has 0 radical (unpaired) electrons. The lowest BCUT2D eigenvalue weighted by Gasteiger charge is -2.35. The first-order chi connectivity index (χ1) is 13.6. The molecular weight excluding hydrogens is 405 g/mol. The summed E-state index contributed by atoms with van der Waals surface area (Å²) in [6, 6.07) is 3.54. The number of hydrogen-bond acceptors (Lipinski definition) is 3. The minimum absolute atomic E-state index is 0.0918. The molecule has 0 unspecified atom stereocenters. The van der Waals surface area contributed by atoms with E-state index < -0.39 is 21.8 Å². The van der Waals surface area contributed by atoms with Crippen LogP contribution in [0.15, 0.2) is 29.2 Å². The topological polar surface area (TPSA) is 57.7 Å². The molecule has 1 aromatic rings. The van der Waals surface area contributed by atoms with E-state index in [0.29, 0.717) is 31.3 Å². The number of sulfonamides is 1. The van der Waals surface area contributed by atoms with E-state index >= 15 is 0 Å². The van der Waals surface area contributed by atoms with Crippen molar-refractivity contribution in [3.05, 3.63) is 29.8 Å². The van der Waals surface area contributed by atoms with Crippen LogP contribution >= 0.6 is 0 Å². The zero-order valence-corrected chi connectivity index (χ0v) is 16.9. The number of halogens is 3. The minimum Gasteiger partial charge on any atom is -0.340 e. The summed E-state index contributed by atoms with van der Waals surface area (Å²) < 4.78 is 64.8. The van der Waals surface area contributed by atoms with Gasteiger partial charge in [-0.25, -0.2) is 8.42 Å². The predicted octanol–water partition coefficient (Wildman–Crippen LogP) is 3.36. The minimum atomic E-state index is -4.51. The van der Waals surface area contributed by atoms with Crippen molar-refractivity contribution in [1.29, 1.82) is 0 Å². The van der Waals surface area contributed by atoms with Crippen molar-refractivity contribution in [3.8, 4) is 0 Å². The Morgan fingerprint density at radius 3 is 2.17 bits per heavy atom. The molecule has 29 heavy (non-hydrogen) atoms. The second-order valence-electron chi connectivity index (χ2n) is 8.45. The van der Waals surface area contributed by atoms with E-state index in [0.717, 1.165) is 36.6 Å². The molecule has 3 fully saturated rings. The largest absolute Gasteiger partial charge is 0.416 e. The van der Waals surface area contributed by atoms with E-state index in [1.807, 2.05) is 0 Å². The van der Waals surface area contributed by atoms with Crippen molar-refractivity contribution in [3.63, 3.8) is 0 Å². The predicted molar refractivity (Wildman–Crippen MR) is 100 cm³/mol. The van der Waals surface area contributed by atoms with Crippen LogP contribution < -0.4 is 0 Å². The third-order valence-electron chi connectivity index (χ3n) is 6.73. The molecule has 1 saturated heterocycles. The standard InChI is InChI=1S/C20H25F3N2O3S/c21-20(22,23)17-3-5-18(6-4-17)29(27,28)25-9-7-24(8-10-25)19(26)13-16-12-14-1-2-15(16)11-14/h3-6,14-16H,1-2,7-13H2/t14-,15-,16+/m0/s1. The van der Waals surface area contributed by atoms with Crippen LogP contribution in [0.2, 0.25) is 0 Å². The summed E-state index contributed by atoms with van der Waals surface area (Å²) in [6.45, 7) is 0.955. The first-order valence-corrected chi connectivity index (χ1v) is 11.5. The molecule has 0 N–H and O–H groups in total. The van der Waals surface area contributed by atoms with Crippen LogP contribution in [-0.4, -0.2) is 49.7 Å². The summed E-state index contributed by atoms with van der Waals surface area (Å²) in [5.74, 6) is 2.01. The van der Waals surface area contributed by atoms with Crippen LogP contribution in [0.5, 0.6) is 0 Å². The summed E-state index contributed by atoms with van der Waals surface area (Å²) in [4.78, 5) is 14.2. The van der Waals surface area contributed by atoms with Gasteiger partial charge in [-0.05, 0) is 61.3 Å². The van der Waals surface area contributed by atoms with Crippen molar-refractivity contribution < 1.29 is 26.4 Å². The maximum atomic E-state index is 12.7. The monoisotopic (exact) mass is 430 g/mol. The highest BCUT2D eigenvalue weighted by Crippen LogP contribution is 2.49. The Hall–Kier alpha value is -1.61. The van der Waals surface area contributed by atoms with Crippen LogP contribution in [0.3, 0.4) is 0 Å². The molecule has 2 bridgehead atoms. The number of fused-ring (bicyclic) bond motifs is 2. The van der Waals surface area contributed by atoms with E-state index in [2.05, 4.69) is 0 Å². The van der Waals surface area contributed by atoms with Gasteiger partial charge >= 0.3 is 6.18 Å². The average Bonchev–Trinajstić information content (AvgIpc) is 3.30. The first-order valence-electron chi connectivity index (χ1n) is 10.1. The van der Waals surface area contributed by atoms with Gasteiger partial charge in [0.05, 0.1) is 10.5 Å². The van der Waals surface area contributed by atoms with Crippen LogP contribution in [0.4, 0.5) is 13.2 Å². The Kier molecular flexibility index (Phi) is 5.40. The second kappa shape index (κ2) is 7.58. The van der Waals surface area contributed by atoms with Gasteiger partial charge in [-0.3, -0.25) is 4.79 Å². The number of alkyl halides is 3. The molecule has 1 aliphatic heterocycles. The molecule has 1 amide bonds. The number of carbonyl (C=O) groups excluding carboxylic acids is 1. The Labute approximate surface area is 168 Å². The molecule has 160 valence electrons. The molecule has 4 rings (SSSR count). The average molecular weight is 430 g/mol. The van der Waals surface area contributed by atoms with Gasteiger partial charge < -0.3 is 4.90 Å². The fourth-order valence-corrected chi connectivity index (χ4v) is 6.54.